The second kappa shape index (κ2) is 9.85. The van der Waals surface area contributed by atoms with Crippen molar-refractivity contribution in [1.82, 2.24) is 9.62 Å². The Morgan fingerprint density at radius 1 is 1.07 bits per heavy atom. The Morgan fingerprint density at radius 3 is 2.22 bits per heavy atom. The number of esters is 1. The summed E-state index contributed by atoms with van der Waals surface area (Å²) in [5.41, 5.74) is 0.934. The van der Waals surface area contributed by atoms with Crippen LogP contribution in [-0.4, -0.2) is 50.9 Å². The van der Waals surface area contributed by atoms with E-state index in [2.05, 4.69) is 4.72 Å². The van der Waals surface area contributed by atoms with Crippen LogP contribution in [-0.2, 0) is 24.3 Å². The first kappa shape index (κ1) is 21.4. The van der Waals surface area contributed by atoms with Crippen molar-refractivity contribution in [3.8, 4) is 0 Å². The summed E-state index contributed by atoms with van der Waals surface area (Å²) >= 11 is 0. The number of rotatable bonds is 6. The molecular formula is C19H28N2O5S. The Bertz CT molecular complexity index is 738. The van der Waals surface area contributed by atoms with E-state index in [4.69, 9.17) is 4.74 Å². The van der Waals surface area contributed by atoms with Gasteiger partial charge in [-0.25, -0.2) is 8.42 Å². The van der Waals surface area contributed by atoms with Crippen molar-refractivity contribution in [2.24, 2.45) is 0 Å². The maximum absolute atomic E-state index is 12.3. The third-order valence-corrected chi connectivity index (χ3v) is 6.12. The van der Waals surface area contributed by atoms with Crippen LogP contribution in [0.1, 0.15) is 44.6 Å². The lowest BCUT2D eigenvalue weighted by molar-refractivity contribution is -0.153. The van der Waals surface area contributed by atoms with Crippen molar-refractivity contribution in [2.45, 2.75) is 56.9 Å². The van der Waals surface area contributed by atoms with Gasteiger partial charge < -0.3 is 9.64 Å². The Kier molecular flexibility index (Phi) is 7.79. The summed E-state index contributed by atoms with van der Waals surface area (Å²) in [4.78, 5) is 26.1. The lowest BCUT2D eigenvalue weighted by Gasteiger charge is -2.24. The summed E-state index contributed by atoms with van der Waals surface area (Å²) in [5, 5.41) is 0. The minimum absolute atomic E-state index is 0.0736. The van der Waals surface area contributed by atoms with E-state index in [0.29, 0.717) is 13.1 Å². The molecule has 1 fully saturated rings. The third-order valence-electron chi connectivity index (χ3n) is 4.56. The predicted octanol–water partition coefficient (Wildman–Crippen LogP) is 2.00. The van der Waals surface area contributed by atoms with E-state index in [1.807, 2.05) is 6.92 Å². The molecule has 0 aliphatic carbocycles. The first-order valence-electron chi connectivity index (χ1n) is 9.33. The molecule has 27 heavy (non-hydrogen) atoms. The van der Waals surface area contributed by atoms with E-state index in [1.165, 1.54) is 25.5 Å². The molecule has 1 N–H and O–H groups in total. The van der Waals surface area contributed by atoms with Crippen molar-refractivity contribution in [2.75, 3.05) is 19.7 Å². The fourth-order valence-corrected chi connectivity index (χ4v) is 4.10. The van der Waals surface area contributed by atoms with Gasteiger partial charge in [-0.3, -0.25) is 9.59 Å². The zero-order valence-corrected chi connectivity index (χ0v) is 16.8. The molecule has 0 bridgehead atoms. The van der Waals surface area contributed by atoms with E-state index in [9.17, 15) is 18.0 Å². The average Bonchev–Trinajstić information content (AvgIpc) is 2.59. The van der Waals surface area contributed by atoms with Gasteiger partial charge in [0.25, 0.3) is 5.91 Å². The second-order valence-electron chi connectivity index (χ2n) is 6.91. The van der Waals surface area contributed by atoms with Crippen LogP contribution in [0, 0.1) is 6.92 Å². The van der Waals surface area contributed by atoms with Crippen molar-refractivity contribution in [3.05, 3.63) is 29.8 Å². The minimum atomic E-state index is -3.84. The zero-order chi connectivity index (χ0) is 19.9. The molecule has 150 valence electrons. The summed E-state index contributed by atoms with van der Waals surface area (Å²) in [6, 6.07) is 5.22. The van der Waals surface area contributed by atoms with E-state index < -0.39 is 22.0 Å². The largest absolute Gasteiger partial charge is 0.454 e. The molecule has 8 heteroatoms. The maximum atomic E-state index is 12.3. The summed E-state index contributed by atoms with van der Waals surface area (Å²) in [6.45, 7) is 4.23. The quantitative estimate of drug-likeness (QED) is 0.743. The van der Waals surface area contributed by atoms with Gasteiger partial charge in [0, 0.05) is 13.1 Å². The Morgan fingerprint density at radius 2 is 1.63 bits per heavy atom. The molecule has 7 nitrogen and oxygen atoms in total. The molecule has 1 aliphatic heterocycles. The number of nitrogens with one attached hydrogen (secondary N) is 1. The molecule has 1 saturated heterocycles. The SMILES string of the molecule is Cc1ccc(S(=O)(=O)N[C@@H](C)C(=O)OCC(=O)N2CCCCCCC2)cc1. The molecule has 0 saturated carbocycles. The fraction of sp³-hybridized carbons (Fsp3) is 0.579. The number of ether oxygens (including phenoxy) is 1. The number of benzene rings is 1. The van der Waals surface area contributed by atoms with Gasteiger partial charge in [0.05, 0.1) is 4.90 Å². The van der Waals surface area contributed by atoms with Gasteiger partial charge in [0.2, 0.25) is 10.0 Å². The third kappa shape index (κ3) is 6.62. The van der Waals surface area contributed by atoms with Gasteiger partial charge in [-0.1, -0.05) is 37.0 Å². The molecule has 1 aromatic rings. The van der Waals surface area contributed by atoms with Crippen LogP contribution in [0.5, 0.6) is 0 Å². The fourth-order valence-electron chi connectivity index (χ4n) is 2.91. The van der Waals surface area contributed by atoms with Crippen LogP contribution in [0.15, 0.2) is 29.2 Å². The summed E-state index contributed by atoms with van der Waals surface area (Å²) in [5.74, 6) is -1.01. The molecule has 0 spiro atoms. The molecule has 0 unspecified atom stereocenters. The van der Waals surface area contributed by atoms with Crippen molar-refractivity contribution >= 4 is 21.9 Å². The molecular weight excluding hydrogens is 368 g/mol. The molecule has 2 rings (SSSR count). The van der Waals surface area contributed by atoms with Crippen LogP contribution >= 0.6 is 0 Å². The molecule has 1 aliphatic rings. The number of nitrogens with zero attached hydrogens (tertiary/aromatic N) is 1. The highest BCUT2D eigenvalue weighted by atomic mass is 32.2. The van der Waals surface area contributed by atoms with Crippen molar-refractivity contribution in [1.29, 1.82) is 0 Å². The average molecular weight is 397 g/mol. The maximum Gasteiger partial charge on any atom is 0.324 e. The van der Waals surface area contributed by atoms with E-state index in [-0.39, 0.29) is 17.4 Å². The second-order valence-corrected chi connectivity index (χ2v) is 8.63. The molecule has 1 amide bonds. The van der Waals surface area contributed by atoms with Gasteiger partial charge in [-0.05, 0) is 38.8 Å². The first-order valence-corrected chi connectivity index (χ1v) is 10.8. The van der Waals surface area contributed by atoms with Gasteiger partial charge in [-0.15, -0.1) is 0 Å². The zero-order valence-electron chi connectivity index (χ0n) is 15.9. The summed E-state index contributed by atoms with van der Waals surface area (Å²) in [6.07, 6.45) is 5.29. The number of sulfonamides is 1. The Balaban J connectivity index is 1.85. The summed E-state index contributed by atoms with van der Waals surface area (Å²) < 4.78 is 32.0. The molecule has 1 heterocycles. The number of likely N-dealkylation sites (tertiary alicyclic amines) is 1. The van der Waals surface area contributed by atoms with Crippen LogP contribution in [0.2, 0.25) is 0 Å². The van der Waals surface area contributed by atoms with Crippen LogP contribution in [0.25, 0.3) is 0 Å². The molecule has 1 aromatic carbocycles. The highest BCUT2D eigenvalue weighted by Crippen LogP contribution is 2.12. The standard InChI is InChI=1S/C19H28N2O5S/c1-15-8-10-17(11-9-15)27(24,25)20-16(2)19(23)26-14-18(22)21-12-6-4-3-5-7-13-21/h8-11,16,20H,3-7,12-14H2,1-2H3/t16-/m0/s1. The monoisotopic (exact) mass is 396 g/mol. The number of amides is 1. The highest BCUT2D eigenvalue weighted by Gasteiger charge is 2.24. The number of carbonyl (C=O) groups excluding carboxylic acids is 2. The first-order chi connectivity index (χ1) is 12.8. The molecule has 0 radical (unpaired) electrons. The van der Waals surface area contributed by atoms with Gasteiger partial charge >= 0.3 is 5.97 Å². The number of hydrogen-bond acceptors (Lipinski definition) is 5. The van der Waals surface area contributed by atoms with Gasteiger partial charge in [0.15, 0.2) is 6.61 Å². The van der Waals surface area contributed by atoms with Crippen molar-refractivity contribution < 1.29 is 22.7 Å². The number of aryl methyl sites for hydroxylation is 1. The van der Waals surface area contributed by atoms with Crippen molar-refractivity contribution in [3.63, 3.8) is 0 Å². The normalized spacial score (nSPS) is 16.9. The highest BCUT2D eigenvalue weighted by molar-refractivity contribution is 7.89. The Labute approximate surface area is 161 Å². The van der Waals surface area contributed by atoms with E-state index in [0.717, 1.165) is 31.2 Å². The van der Waals surface area contributed by atoms with Gasteiger partial charge in [-0.2, -0.15) is 4.72 Å². The lowest BCUT2D eigenvalue weighted by atomic mass is 10.1. The van der Waals surface area contributed by atoms with Crippen LogP contribution < -0.4 is 4.72 Å². The van der Waals surface area contributed by atoms with Crippen LogP contribution in [0.4, 0.5) is 0 Å². The molecule has 1 atom stereocenters. The topological polar surface area (TPSA) is 92.8 Å². The van der Waals surface area contributed by atoms with E-state index in [1.54, 1.807) is 17.0 Å². The lowest BCUT2D eigenvalue weighted by Crippen LogP contribution is -2.42. The number of hydrogen-bond donors (Lipinski definition) is 1. The number of carbonyl (C=O) groups is 2. The smallest absolute Gasteiger partial charge is 0.324 e. The Hall–Kier alpha value is -1.93. The predicted molar refractivity (Wildman–Crippen MR) is 102 cm³/mol. The van der Waals surface area contributed by atoms with Crippen LogP contribution in [0.3, 0.4) is 0 Å². The van der Waals surface area contributed by atoms with E-state index >= 15 is 0 Å². The summed E-state index contributed by atoms with van der Waals surface area (Å²) in [7, 11) is -3.84. The van der Waals surface area contributed by atoms with Gasteiger partial charge in [0.1, 0.15) is 6.04 Å². The minimum Gasteiger partial charge on any atom is -0.454 e. The molecule has 0 aromatic heterocycles.